The van der Waals surface area contributed by atoms with Crippen LogP contribution in [0.2, 0.25) is 0 Å². The van der Waals surface area contributed by atoms with Crippen LogP contribution in [0.1, 0.15) is 12.5 Å². The average Bonchev–Trinajstić information content (AvgIpc) is 2.43. The number of esters is 1. The smallest absolute Gasteiger partial charge is 0.452 e. The lowest BCUT2D eigenvalue weighted by Crippen LogP contribution is -2.01. The quantitative estimate of drug-likeness (QED) is 0.475. The minimum atomic E-state index is -0.828. The maximum absolute atomic E-state index is 11.4. The van der Waals surface area contributed by atoms with Crippen LogP contribution in [0.5, 0.6) is 0 Å². The molecule has 100 valence electrons. The Morgan fingerprint density at radius 1 is 1.21 bits per heavy atom. The molecular formula is C13H14N2O4. The molecule has 0 radical (unpaired) electrons. The number of benzene rings is 1. The molecule has 0 N–H and O–H groups in total. The van der Waals surface area contributed by atoms with Crippen molar-refractivity contribution in [3.8, 4) is 0 Å². The van der Waals surface area contributed by atoms with Crippen LogP contribution in [-0.2, 0) is 20.9 Å². The molecule has 0 spiro atoms. The normalized spacial score (nSPS) is 11.4. The summed E-state index contributed by atoms with van der Waals surface area (Å²) in [5.41, 5.74) is 1.14. The summed E-state index contributed by atoms with van der Waals surface area (Å²) < 4.78 is 9.27. The highest BCUT2D eigenvalue weighted by Gasteiger charge is 2.01. The highest BCUT2D eigenvalue weighted by atomic mass is 16.5. The molecule has 0 aliphatic carbocycles. The van der Waals surface area contributed by atoms with Crippen LogP contribution < -0.4 is 0 Å². The molecule has 0 unspecified atom stereocenters. The van der Waals surface area contributed by atoms with Crippen LogP contribution in [0.4, 0.5) is 4.79 Å². The summed E-state index contributed by atoms with van der Waals surface area (Å²) in [6, 6.07) is 9.29. The van der Waals surface area contributed by atoms with E-state index >= 15 is 0 Å². The van der Waals surface area contributed by atoms with E-state index < -0.39 is 12.1 Å². The molecule has 0 heterocycles. The number of nitrogens with zero attached hydrogens (tertiary/aromatic N) is 2. The van der Waals surface area contributed by atoms with Crippen LogP contribution in [0, 0.1) is 0 Å². The number of carbonyl (C=O) groups is 2. The van der Waals surface area contributed by atoms with Crippen LogP contribution in [0.15, 0.2) is 52.3 Å². The largest absolute Gasteiger partial charge is 0.458 e. The lowest BCUT2D eigenvalue weighted by Gasteiger charge is -2.01. The van der Waals surface area contributed by atoms with E-state index in [9.17, 15) is 9.59 Å². The summed E-state index contributed by atoms with van der Waals surface area (Å²) in [5.74, 6) is -0.551. The van der Waals surface area contributed by atoms with E-state index in [-0.39, 0.29) is 12.3 Å². The Morgan fingerprint density at radius 3 is 2.53 bits per heavy atom. The summed E-state index contributed by atoms with van der Waals surface area (Å²) in [6.07, 6.45) is 0.320. The van der Waals surface area contributed by atoms with Crippen LogP contribution in [0.3, 0.4) is 0 Å². The van der Waals surface area contributed by atoms with Crippen LogP contribution in [-0.4, -0.2) is 19.2 Å². The van der Waals surface area contributed by atoms with Crippen molar-refractivity contribution in [2.24, 2.45) is 10.2 Å². The van der Waals surface area contributed by atoms with Gasteiger partial charge in [0.1, 0.15) is 6.61 Å². The van der Waals surface area contributed by atoms with E-state index in [2.05, 4.69) is 15.0 Å². The predicted molar refractivity (Wildman–Crippen MR) is 67.3 cm³/mol. The first kappa shape index (κ1) is 14.6. The van der Waals surface area contributed by atoms with Crippen molar-refractivity contribution in [2.45, 2.75) is 13.5 Å². The molecule has 0 atom stereocenters. The first-order valence-electron chi connectivity index (χ1n) is 5.50. The zero-order chi connectivity index (χ0) is 14.1. The number of amides is 1. The number of methoxy groups -OCH3 is 1. The second-order valence-electron chi connectivity index (χ2n) is 3.55. The molecule has 1 aromatic carbocycles. The van der Waals surface area contributed by atoms with Gasteiger partial charge in [0.2, 0.25) is 0 Å². The summed E-state index contributed by atoms with van der Waals surface area (Å²) in [7, 11) is 1.19. The lowest BCUT2D eigenvalue weighted by molar-refractivity contribution is -0.139. The van der Waals surface area contributed by atoms with Crippen molar-refractivity contribution in [3.05, 3.63) is 47.7 Å². The molecule has 6 nitrogen and oxygen atoms in total. The molecule has 1 amide bonds. The van der Waals surface area contributed by atoms with Gasteiger partial charge in [-0.25, -0.2) is 9.59 Å². The fourth-order valence-corrected chi connectivity index (χ4v) is 1.13. The highest BCUT2D eigenvalue weighted by molar-refractivity contribution is 5.82. The maximum atomic E-state index is 11.4. The second-order valence-corrected chi connectivity index (χ2v) is 3.55. The molecule has 0 bridgehead atoms. The minimum absolute atomic E-state index is 0.178. The van der Waals surface area contributed by atoms with E-state index in [1.807, 2.05) is 30.3 Å². The number of hydrogen-bond acceptors (Lipinski definition) is 5. The molecule has 6 heteroatoms. The zero-order valence-corrected chi connectivity index (χ0v) is 10.7. The standard InChI is InChI=1S/C13H14N2O4/c1-10(14-15-13(17)18-2)8-12(16)19-9-11-6-4-3-5-7-11/h3-8H,9H2,1-2H3/b10-8-,15-14?. The molecular weight excluding hydrogens is 248 g/mol. The van der Waals surface area contributed by atoms with Gasteiger partial charge in [0.15, 0.2) is 0 Å². The lowest BCUT2D eigenvalue weighted by atomic mass is 10.2. The van der Waals surface area contributed by atoms with E-state index in [0.29, 0.717) is 0 Å². The monoisotopic (exact) mass is 262 g/mol. The van der Waals surface area contributed by atoms with Gasteiger partial charge < -0.3 is 9.47 Å². The van der Waals surface area contributed by atoms with Crippen LogP contribution in [0.25, 0.3) is 0 Å². The highest BCUT2D eigenvalue weighted by Crippen LogP contribution is 2.03. The van der Waals surface area contributed by atoms with Crippen molar-refractivity contribution in [2.75, 3.05) is 7.11 Å². The average molecular weight is 262 g/mol. The van der Waals surface area contributed by atoms with Gasteiger partial charge in [-0.1, -0.05) is 35.4 Å². The van der Waals surface area contributed by atoms with Gasteiger partial charge in [-0.3, -0.25) is 0 Å². The number of azo groups is 1. The SMILES string of the molecule is COC(=O)N=N/C(C)=C\C(=O)OCc1ccccc1. The first-order valence-corrected chi connectivity index (χ1v) is 5.50. The summed E-state index contributed by atoms with van der Waals surface area (Å²) in [4.78, 5) is 22.1. The number of hydrogen-bond donors (Lipinski definition) is 0. The molecule has 0 aromatic heterocycles. The van der Waals surface area contributed by atoms with Crippen molar-refractivity contribution in [3.63, 3.8) is 0 Å². The topological polar surface area (TPSA) is 77.3 Å². The Morgan fingerprint density at radius 2 is 1.89 bits per heavy atom. The minimum Gasteiger partial charge on any atom is -0.458 e. The third-order valence-electron chi connectivity index (χ3n) is 2.01. The van der Waals surface area contributed by atoms with Gasteiger partial charge in [-0.2, -0.15) is 0 Å². The second kappa shape index (κ2) is 7.75. The van der Waals surface area contributed by atoms with Crippen LogP contribution >= 0.6 is 0 Å². The Balaban J connectivity index is 2.46. The van der Waals surface area contributed by atoms with E-state index in [0.717, 1.165) is 11.6 Å². The maximum Gasteiger partial charge on any atom is 0.452 e. The van der Waals surface area contributed by atoms with Gasteiger partial charge in [0.25, 0.3) is 0 Å². The van der Waals surface area contributed by atoms with E-state index in [1.165, 1.54) is 14.0 Å². The molecule has 19 heavy (non-hydrogen) atoms. The number of ether oxygens (including phenoxy) is 2. The van der Waals surface area contributed by atoms with Crippen molar-refractivity contribution in [1.82, 2.24) is 0 Å². The van der Waals surface area contributed by atoms with Gasteiger partial charge >= 0.3 is 12.1 Å². The molecule has 0 aliphatic heterocycles. The third-order valence-corrected chi connectivity index (χ3v) is 2.01. The first-order chi connectivity index (χ1) is 9.11. The summed E-state index contributed by atoms with van der Waals surface area (Å²) in [5, 5.41) is 6.70. The number of carbonyl (C=O) groups excluding carboxylic acids is 2. The Kier molecular flexibility index (Phi) is 5.94. The molecule has 0 fully saturated rings. The Hall–Kier alpha value is -2.50. The Bertz CT molecular complexity index is 495. The van der Waals surface area contributed by atoms with E-state index in [4.69, 9.17) is 4.74 Å². The predicted octanol–water partition coefficient (Wildman–Crippen LogP) is 2.85. The number of allylic oxidation sites excluding steroid dienone is 1. The van der Waals surface area contributed by atoms with Gasteiger partial charge in [-0.15, -0.1) is 5.11 Å². The Labute approximate surface area is 110 Å². The molecule has 0 saturated carbocycles. The molecule has 1 rings (SSSR count). The van der Waals surface area contributed by atoms with Crippen molar-refractivity contribution < 1.29 is 19.1 Å². The molecule has 0 aliphatic rings. The third kappa shape index (κ3) is 6.11. The van der Waals surface area contributed by atoms with E-state index in [1.54, 1.807) is 0 Å². The summed E-state index contributed by atoms with van der Waals surface area (Å²) in [6.45, 7) is 1.70. The van der Waals surface area contributed by atoms with Gasteiger partial charge in [-0.05, 0) is 12.5 Å². The van der Waals surface area contributed by atoms with Crippen molar-refractivity contribution >= 4 is 12.1 Å². The molecule has 0 saturated heterocycles. The molecule has 1 aromatic rings. The van der Waals surface area contributed by atoms with Gasteiger partial charge in [0, 0.05) is 6.08 Å². The fraction of sp³-hybridized carbons (Fsp3) is 0.231. The van der Waals surface area contributed by atoms with Crippen molar-refractivity contribution in [1.29, 1.82) is 0 Å². The van der Waals surface area contributed by atoms with Gasteiger partial charge in [0.05, 0.1) is 12.8 Å². The fourth-order valence-electron chi connectivity index (χ4n) is 1.13. The summed E-state index contributed by atoms with van der Waals surface area (Å²) >= 11 is 0. The number of rotatable bonds is 4. The zero-order valence-electron chi connectivity index (χ0n) is 10.7.